The first-order valence-electron chi connectivity index (χ1n) is 11.3. The molecule has 0 aliphatic carbocycles. The number of aromatic hydroxyl groups is 1. The summed E-state index contributed by atoms with van der Waals surface area (Å²) in [5.74, 6) is 0.355. The molecular weight excluding hydrogens is 449 g/mol. The van der Waals surface area contributed by atoms with Gasteiger partial charge in [0.05, 0.1) is 11.1 Å². The summed E-state index contributed by atoms with van der Waals surface area (Å²) < 4.78 is 20.1. The van der Waals surface area contributed by atoms with Crippen molar-refractivity contribution in [3.63, 3.8) is 0 Å². The lowest BCUT2D eigenvalue weighted by Crippen LogP contribution is -2.55. The summed E-state index contributed by atoms with van der Waals surface area (Å²) >= 11 is 0. The quantitative estimate of drug-likeness (QED) is 0.467. The number of aryl methyl sites for hydroxylation is 1. The summed E-state index contributed by atoms with van der Waals surface area (Å²) in [7, 11) is 0. The van der Waals surface area contributed by atoms with Crippen molar-refractivity contribution in [1.29, 1.82) is 0 Å². The first-order valence-corrected chi connectivity index (χ1v) is 11.3. The molecule has 2 aromatic heterocycles. The van der Waals surface area contributed by atoms with Crippen LogP contribution >= 0.6 is 0 Å². The van der Waals surface area contributed by atoms with Crippen molar-refractivity contribution in [2.45, 2.75) is 19.9 Å². The predicted octanol–water partition coefficient (Wildman–Crippen LogP) is 4.55. The second-order valence-corrected chi connectivity index (χ2v) is 8.56. The van der Waals surface area contributed by atoms with E-state index < -0.39 is 11.9 Å². The minimum atomic E-state index is -0.597. The average molecular weight is 474 g/mol. The second-order valence-electron chi connectivity index (χ2n) is 8.56. The van der Waals surface area contributed by atoms with Crippen molar-refractivity contribution < 1.29 is 19.0 Å². The van der Waals surface area contributed by atoms with Gasteiger partial charge in [-0.2, -0.15) is 0 Å². The zero-order valence-corrected chi connectivity index (χ0v) is 19.3. The number of ether oxygens (including phenoxy) is 1. The third kappa shape index (κ3) is 4.44. The number of fused-ring (bicyclic) bond motifs is 1. The van der Waals surface area contributed by atoms with Gasteiger partial charge in [-0.15, -0.1) is 0 Å². The Morgan fingerprint density at radius 3 is 2.66 bits per heavy atom. The van der Waals surface area contributed by atoms with Crippen LogP contribution < -0.4 is 9.64 Å². The molecule has 1 aliphatic rings. The van der Waals surface area contributed by atoms with E-state index in [9.17, 15) is 14.3 Å². The molecular formula is C26H24FN5O3. The van der Waals surface area contributed by atoms with Crippen molar-refractivity contribution >= 4 is 22.8 Å². The lowest BCUT2D eigenvalue weighted by atomic mass is 10.1. The van der Waals surface area contributed by atoms with Crippen LogP contribution in [0.3, 0.4) is 0 Å². The molecule has 1 saturated heterocycles. The van der Waals surface area contributed by atoms with Crippen LogP contribution in [0.5, 0.6) is 11.5 Å². The average Bonchev–Trinajstić information content (AvgIpc) is 2.83. The molecule has 0 spiro atoms. The number of anilines is 1. The van der Waals surface area contributed by atoms with Gasteiger partial charge < -0.3 is 19.6 Å². The number of rotatable bonds is 3. The zero-order chi connectivity index (χ0) is 24.5. The van der Waals surface area contributed by atoms with E-state index in [1.54, 1.807) is 29.4 Å². The van der Waals surface area contributed by atoms with Crippen LogP contribution in [0.15, 0.2) is 60.9 Å². The second kappa shape index (κ2) is 9.17. The van der Waals surface area contributed by atoms with Crippen molar-refractivity contribution in [2.75, 3.05) is 24.5 Å². The number of amides is 1. The smallest absolute Gasteiger partial charge is 0.415 e. The van der Waals surface area contributed by atoms with Gasteiger partial charge in [-0.3, -0.25) is 4.98 Å². The first-order chi connectivity index (χ1) is 16.9. The number of halogens is 1. The van der Waals surface area contributed by atoms with Crippen LogP contribution in [0, 0.1) is 12.7 Å². The van der Waals surface area contributed by atoms with Gasteiger partial charge in [0.1, 0.15) is 23.1 Å². The van der Waals surface area contributed by atoms with Crippen molar-refractivity contribution in [1.82, 2.24) is 19.9 Å². The fourth-order valence-electron chi connectivity index (χ4n) is 4.30. The molecule has 1 fully saturated rings. The molecule has 8 nitrogen and oxygen atoms in total. The highest BCUT2D eigenvalue weighted by atomic mass is 19.1. The van der Waals surface area contributed by atoms with E-state index in [-0.39, 0.29) is 23.2 Å². The Balaban J connectivity index is 1.47. The van der Waals surface area contributed by atoms with Crippen LogP contribution in [0.25, 0.3) is 22.3 Å². The van der Waals surface area contributed by atoms with Crippen molar-refractivity contribution in [2.24, 2.45) is 0 Å². The number of nitrogens with zero attached hydrogens (tertiary/aromatic N) is 5. The lowest BCUT2D eigenvalue weighted by Gasteiger charge is -2.40. The van der Waals surface area contributed by atoms with Crippen LogP contribution in [0.1, 0.15) is 12.5 Å². The minimum absolute atomic E-state index is 0.0373. The number of carbonyl (C=O) groups is 1. The Morgan fingerprint density at radius 2 is 1.91 bits per heavy atom. The Bertz CT molecular complexity index is 1380. The number of piperazine rings is 1. The van der Waals surface area contributed by atoms with E-state index in [4.69, 9.17) is 9.72 Å². The highest BCUT2D eigenvalue weighted by Gasteiger charge is 2.31. The molecule has 1 amide bonds. The number of pyridine rings is 1. The standard InChI is InChI=1S/C26H24FN5O3/c1-16-6-7-19-21(14-16)29-24(23-20(27)4-3-5-22(23)33)30-25(19)31-12-13-32(17(2)15-31)26(34)35-18-8-10-28-11-9-18/h3-11,14,17,33H,12-13,15H2,1-2H3. The summed E-state index contributed by atoms with van der Waals surface area (Å²) in [6.45, 7) is 5.31. The zero-order valence-electron chi connectivity index (χ0n) is 19.3. The topological polar surface area (TPSA) is 91.7 Å². The molecule has 1 unspecified atom stereocenters. The SMILES string of the molecule is Cc1ccc2c(N3CCN(C(=O)Oc4ccncc4)C(C)C3)nc(-c3c(O)cccc3F)nc2c1. The fourth-order valence-corrected chi connectivity index (χ4v) is 4.30. The molecule has 1 N–H and O–H groups in total. The molecule has 1 atom stereocenters. The van der Waals surface area contributed by atoms with Crippen LogP contribution in [0.2, 0.25) is 0 Å². The Kier molecular flexibility index (Phi) is 5.90. The maximum absolute atomic E-state index is 14.7. The Morgan fingerprint density at radius 1 is 1.11 bits per heavy atom. The monoisotopic (exact) mass is 473 g/mol. The van der Waals surface area contributed by atoms with Crippen molar-refractivity contribution in [3.8, 4) is 22.9 Å². The largest absolute Gasteiger partial charge is 0.507 e. The van der Waals surface area contributed by atoms with Crippen LogP contribution in [-0.4, -0.2) is 56.7 Å². The molecule has 4 aromatic rings. The molecule has 5 rings (SSSR count). The van der Waals surface area contributed by atoms with Gasteiger partial charge in [-0.1, -0.05) is 12.1 Å². The number of benzene rings is 2. The van der Waals surface area contributed by atoms with E-state index in [2.05, 4.69) is 14.9 Å². The van der Waals surface area contributed by atoms with Gasteiger partial charge in [0.2, 0.25) is 0 Å². The van der Waals surface area contributed by atoms with Gasteiger partial charge >= 0.3 is 6.09 Å². The molecule has 178 valence electrons. The maximum Gasteiger partial charge on any atom is 0.415 e. The molecule has 2 aromatic carbocycles. The van der Waals surface area contributed by atoms with Gasteiger partial charge in [-0.25, -0.2) is 19.2 Å². The minimum Gasteiger partial charge on any atom is -0.507 e. The number of aromatic nitrogens is 3. The van der Waals surface area contributed by atoms with Crippen molar-refractivity contribution in [3.05, 3.63) is 72.3 Å². The highest BCUT2D eigenvalue weighted by Crippen LogP contribution is 2.34. The Hall–Kier alpha value is -4.27. The third-order valence-corrected chi connectivity index (χ3v) is 6.06. The highest BCUT2D eigenvalue weighted by molar-refractivity contribution is 5.92. The molecule has 0 radical (unpaired) electrons. The molecule has 9 heteroatoms. The maximum atomic E-state index is 14.7. The number of carbonyl (C=O) groups excluding carboxylic acids is 1. The van der Waals surface area contributed by atoms with E-state index >= 15 is 0 Å². The van der Waals surface area contributed by atoms with Gasteiger partial charge in [0, 0.05) is 43.5 Å². The molecule has 0 bridgehead atoms. The Labute approximate surface area is 201 Å². The molecule has 0 saturated carbocycles. The third-order valence-electron chi connectivity index (χ3n) is 6.06. The fraction of sp³-hybridized carbons (Fsp3) is 0.231. The number of hydrogen-bond donors (Lipinski definition) is 1. The number of phenols is 1. The van der Waals surface area contributed by atoms with Gasteiger partial charge in [0.25, 0.3) is 0 Å². The first kappa shape index (κ1) is 22.5. The summed E-state index contributed by atoms with van der Waals surface area (Å²) in [6.07, 6.45) is 2.71. The summed E-state index contributed by atoms with van der Waals surface area (Å²) in [5, 5.41) is 11.2. The van der Waals surface area contributed by atoms with E-state index in [1.165, 1.54) is 18.2 Å². The summed E-state index contributed by atoms with van der Waals surface area (Å²) in [4.78, 5) is 29.7. The van der Waals surface area contributed by atoms with E-state index in [1.807, 2.05) is 32.0 Å². The van der Waals surface area contributed by atoms with Gasteiger partial charge in [-0.05, 0) is 55.8 Å². The number of hydrogen-bond acceptors (Lipinski definition) is 7. The molecule has 3 heterocycles. The van der Waals surface area contributed by atoms with Gasteiger partial charge in [0.15, 0.2) is 5.82 Å². The normalized spacial score (nSPS) is 15.9. The molecule has 1 aliphatic heterocycles. The van der Waals surface area contributed by atoms with Crippen LogP contribution in [0.4, 0.5) is 15.0 Å². The number of phenolic OH excluding ortho intramolecular Hbond substituents is 1. The summed E-state index contributed by atoms with van der Waals surface area (Å²) in [6, 6.07) is 13.0. The molecule has 35 heavy (non-hydrogen) atoms. The van der Waals surface area contributed by atoms with Crippen LogP contribution in [-0.2, 0) is 0 Å². The van der Waals surface area contributed by atoms with E-state index in [0.717, 1.165) is 10.9 Å². The lowest BCUT2D eigenvalue weighted by molar-refractivity contribution is 0.129. The van der Waals surface area contributed by atoms with E-state index in [0.29, 0.717) is 36.7 Å². The summed E-state index contributed by atoms with van der Waals surface area (Å²) in [5.41, 5.74) is 1.62. The predicted molar refractivity (Wildman–Crippen MR) is 130 cm³/mol.